The first kappa shape index (κ1) is 9.99. The Bertz CT molecular complexity index is 393. The minimum Gasteiger partial charge on any atom is -0.399 e. The van der Waals surface area contributed by atoms with Crippen molar-refractivity contribution < 1.29 is 0 Å². The summed E-state index contributed by atoms with van der Waals surface area (Å²) in [6.45, 7) is 6.00. The molecule has 2 aromatic rings. The Balaban J connectivity index is 0.000000396. The fourth-order valence-corrected chi connectivity index (χ4v) is 1.93. The van der Waals surface area contributed by atoms with E-state index in [1.165, 1.54) is 4.70 Å². The third kappa shape index (κ3) is 2.18. The van der Waals surface area contributed by atoms with E-state index in [2.05, 4.69) is 4.98 Å². The van der Waals surface area contributed by atoms with Crippen molar-refractivity contribution in [2.75, 3.05) is 5.73 Å². The summed E-state index contributed by atoms with van der Waals surface area (Å²) in [5.41, 5.74) is 7.46. The molecule has 1 aromatic carbocycles. The van der Waals surface area contributed by atoms with Crippen LogP contribution < -0.4 is 5.73 Å². The Hall–Kier alpha value is -1.09. The highest BCUT2D eigenvalue weighted by Gasteiger charge is 1.98. The van der Waals surface area contributed by atoms with E-state index in [0.29, 0.717) is 0 Å². The van der Waals surface area contributed by atoms with Crippen molar-refractivity contribution in [1.82, 2.24) is 4.98 Å². The number of hydrogen-bond donors (Lipinski definition) is 1. The lowest BCUT2D eigenvalue weighted by Crippen LogP contribution is -1.81. The molecule has 0 saturated carbocycles. The summed E-state index contributed by atoms with van der Waals surface area (Å²) in [7, 11) is 0. The van der Waals surface area contributed by atoms with Crippen molar-refractivity contribution in [3.05, 3.63) is 23.2 Å². The second-order valence-corrected chi connectivity index (χ2v) is 3.69. The fourth-order valence-electron chi connectivity index (χ4n) is 1.06. The quantitative estimate of drug-likeness (QED) is 0.654. The Morgan fingerprint density at radius 1 is 1.31 bits per heavy atom. The van der Waals surface area contributed by atoms with Crippen molar-refractivity contribution in [2.45, 2.75) is 20.8 Å². The number of rotatable bonds is 0. The molecule has 0 aliphatic rings. The van der Waals surface area contributed by atoms with E-state index in [-0.39, 0.29) is 0 Å². The average Bonchev–Trinajstić information content (AvgIpc) is 2.48. The molecule has 0 fully saturated rings. The molecule has 0 bridgehead atoms. The Morgan fingerprint density at radius 3 is 2.69 bits per heavy atom. The summed E-state index contributed by atoms with van der Waals surface area (Å²) in [6, 6.07) is 5.79. The highest BCUT2D eigenvalue weighted by atomic mass is 32.1. The van der Waals surface area contributed by atoms with Crippen LogP contribution in [0, 0.1) is 6.92 Å². The summed E-state index contributed by atoms with van der Waals surface area (Å²) in [5.74, 6) is 0. The van der Waals surface area contributed by atoms with Crippen LogP contribution in [0.3, 0.4) is 0 Å². The maximum atomic E-state index is 5.61. The SMILES string of the molecule is CC.Cc1nc2ccc(N)cc2s1. The molecule has 0 saturated heterocycles. The molecule has 2 rings (SSSR count). The van der Waals surface area contributed by atoms with Crippen LogP contribution >= 0.6 is 11.3 Å². The molecule has 70 valence electrons. The van der Waals surface area contributed by atoms with Crippen molar-refractivity contribution >= 4 is 27.2 Å². The van der Waals surface area contributed by atoms with Gasteiger partial charge in [0.05, 0.1) is 15.2 Å². The first-order valence-corrected chi connectivity index (χ1v) is 5.20. The van der Waals surface area contributed by atoms with Gasteiger partial charge in [-0.05, 0) is 25.1 Å². The van der Waals surface area contributed by atoms with E-state index in [1.54, 1.807) is 11.3 Å². The summed E-state index contributed by atoms with van der Waals surface area (Å²) >= 11 is 1.68. The number of anilines is 1. The number of aromatic nitrogens is 1. The van der Waals surface area contributed by atoms with Gasteiger partial charge in [0.15, 0.2) is 0 Å². The lowest BCUT2D eigenvalue weighted by Gasteiger charge is -1.89. The zero-order chi connectivity index (χ0) is 9.84. The second-order valence-electron chi connectivity index (χ2n) is 2.46. The molecule has 0 amide bonds. The van der Waals surface area contributed by atoms with E-state index in [1.807, 2.05) is 39.0 Å². The summed E-state index contributed by atoms with van der Waals surface area (Å²) in [5, 5.41) is 1.09. The summed E-state index contributed by atoms with van der Waals surface area (Å²) in [6.07, 6.45) is 0. The van der Waals surface area contributed by atoms with Gasteiger partial charge in [-0.1, -0.05) is 13.8 Å². The van der Waals surface area contributed by atoms with Crippen LogP contribution in [-0.4, -0.2) is 4.98 Å². The van der Waals surface area contributed by atoms with Gasteiger partial charge in [-0.2, -0.15) is 0 Å². The Kier molecular flexibility index (Phi) is 3.25. The number of fused-ring (bicyclic) bond motifs is 1. The lowest BCUT2D eigenvalue weighted by molar-refractivity contribution is 1.35. The zero-order valence-corrected chi connectivity index (χ0v) is 8.98. The number of aryl methyl sites for hydroxylation is 1. The zero-order valence-electron chi connectivity index (χ0n) is 8.16. The molecule has 0 unspecified atom stereocenters. The highest BCUT2D eigenvalue weighted by Crippen LogP contribution is 2.22. The molecule has 0 aliphatic carbocycles. The van der Waals surface area contributed by atoms with Gasteiger partial charge >= 0.3 is 0 Å². The fraction of sp³-hybridized carbons (Fsp3) is 0.300. The smallest absolute Gasteiger partial charge is 0.0907 e. The molecule has 2 N–H and O–H groups in total. The number of hydrogen-bond acceptors (Lipinski definition) is 3. The average molecular weight is 194 g/mol. The third-order valence-electron chi connectivity index (χ3n) is 1.52. The van der Waals surface area contributed by atoms with Crippen LogP contribution in [-0.2, 0) is 0 Å². The monoisotopic (exact) mass is 194 g/mol. The van der Waals surface area contributed by atoms with Gasteiger partial charge in [0, 0.05) is 5.69 Å². The van der Waals surface area contributed by atoms with Crippen molar-refractivity contribution in [3.63, 3.8) is 0 Å². The predicted octanol–water partition coefficient (Wildman–Crippen LogP) is 3.21. The van der Waals surface area contributed by atoms with E-state index >= 15 is 0 Å². The molecule has 1 heterocycles. The number of nitrogens with zero attached hydrogens (tertiary/aromatic N) is 1. The molecule has 0 atom stereocenters. The highest BCUT2D eigenvalue weighted by molar-refractivity contribution is 7.18. The third-order valence-corrected chi connectivity index (χ3v) is 2.45. The van der Waals surface area contributed by atoms with Gasteiger partial charge in [0.25, 0.3) is 0 Å². The van der Waals surface area contributed by atoms with Crippen molar-refractivity contribution in [2.24, 2.45) is 0 Å². The lowest BCUT2D eigenvalue weighted by atomic mass is 10.3. The normalized spacial score (nSPS) is 9.46. The van der Waals surface area contributed by atoms with Gasteiger partial charge in [-0.25, -0.2) is 4.98 Å². The molecule has 0 radical (unpaired) electrons. The Labute approximate surface area is 82.4 Å². The van der Waals surface area contributed by atoms with Crippen molar-refractivity contribution in [3.8, 4) is 0 Å². The number of nitrogen functional groups attached to an aromatic ring is 1. The molecule has 2 nitrogen and oxygen atoms in total. The Morgan fingerprint density at radius 2 is 2.00 bits per heavy atom. The topological polar surface area (TPSA) is 38.9 Å². The molecule has 13 heavy (non-hydrogen) atoms. The van der Waals surface area contributed by atoms with Crippen LogP contribution in [0.1, 0.15) is 18.9 Å². The maximum Gasteiger partial charge on any atom is 0.0907 e. The second kappa shape index (κ2) is 4.23. The summed E-state index contributed by atoms with van der Waals surface area (Å²) < 4.78 is 1.17. The number of nitrogens with two attached hydrogens (primary N) is 1. The number of benzene rings is 1. The minimum atomic E-state index is 0.807. The van der Waals surface area contributed by atoms with Gasteiger partial charge in [-0.3, -0.25) is 0 Å². The van der Waals surface area contributed by atoms with Crippen LogP contribution in [0.25, 0.3) is 10.2 Å². The van der Waals surface area contributed by atoms with E-state index in [4.69, 9.17) is 5.73 Å². The predicted molar refractivity (Wildman–Crippen MR) is 60.1 cm³/mol. The maximum absolute atomic E-state index is 5.61. The first-order chi connectivity index (χ1) is 6.25. The van der Waals surface area contributed by atoms with Gasteiger partial charge in [0.1, 0.15) is 0 Å². The minimum absolute atomic E-state index is 0.807. The molecular weight excluding hydrogens is 180 g/mol. The van der Waals surface area contributed by atoms with E-state index in [9.17, 15) is 0 Å². The molecule has 0 aliphatic heterocycles. The molecular formula is C10H14N2S. The van der Waals surface area contributed by atoms with E-state index in [0.717, 1.165) is 16.2 Å². The number of thiazole rings is 1. The van der Waals surface area contributed by atoms with Gasteiger partial charge < -0.3 is 5.73 Å². The molecule has 1 aromatic heterocycles. The van der Waals surface area contributed by atoms with Crippen LogP contribution in [0.5, 0.6) is 0 Å². The largest absolute Gasteiger partial charge is 0.399 e. The standard InChI is InChI=1S/C8H8N2S.C2H6/c1-5-10-7-3-2-6(9)4-8(7)11-5;1-2/h2-4H,9H2,1H3;1-2H3. The molecule has 0 spiro atoms. The first-order valence-electron chi connectivity index (χ1n) is 4.38. The van der Waals surface area contributed by atoms with Crippen LogP contribution in [0.4, 0.5) is 5.69 Å². The van der Waals surface area contributed by atoms with E-state index < -0.39 is 0 Å². The summed E-state index contributed by atoms with van der Waals surface area (Å²) in [4.78, 5) is 4.32. The molecule has 3 heteroatoms. The van der Waals surface area contributed by atoms with Crippen LogP contribution in [0.2, 0.25) is 0 Å². The van der Waals surface area contributed by atoms with Crippen molar-refractivity contribution in [1.29, 1.82) is 0 Å². The van der Waals surface area contributed by atoms with Crippen LogP contribution in [0.15, 0.2) is 18.2 Å². The van der Waals surface area contributed by atoms with Gasteiger partial charge in [-0.15, -0.1) is 11.3 Å². The van der Waals surface area contributed by atoms with Gasteiger partial charge in [0.2, 0.25) is 0 Å².